The van der Waals surface area contributed by atoms with Crippen molar-refractivity contribution in [1.82, 2.24) is 0 Å². The summed E-state index contributed by atoms with van der Waals surface area (Å²) in [5.74, 6) is 1.51. The van der Waals surface area contributed by atoms with Gasteiger partial charge in [0.15, 0.2) is 5.76 Å². The first-order valence-corrected chi connectivity index (χ1v) is 8.62. The van der Waals surface area contributed by atoms with Gasteiger partial charge in [0.05, 0.1) is 12.9 Å². The Morgan fingerprint density at radius 3 is 2.70 bits per heavy atom. The maximum absolute atomic E-state index is 12.5. The number of methoxy groups -OCH3 is 1. The van der Waals surface area contributed by atoms with E-state index in [4.69, 9.17) is 13.9 Å². The van der Waals surface area contributed by atoms with Crippen LogP contribution in [0.4, 0.5) is 5.69 Å². The van der Waals surface area contributed by atoms with E-state index < -0.39 is 0 Å². The zero-order valence-electron chi connectivity index (χ0n) is 15.1. The van der Waals surface area contributed by atoms with Gasteiger partial charge in [-0.1, -0.05) is 24.3 Å². The van der Waals surface area contributed by atoms with Crippen LogP contribution in [0, 0.1) is 0 Å². The monoisotopic (exact) mass is 361 g/mol. The van der Waals surface area contributed by atoms with E-state index in [1.165, 1.54) is 0 Å². The van der Waals surface area contributed by atoms with E-state index in [0.717, 1.165) is 22.3 Å². The lowest BCUT2D eigenvalue weighted by atomic mass is 10.0. The van der Waals surface area contributed by atoms with Gasteiger partial charge in [-0.2, -0.15) is 0 Å². The minimum absolute atomic E-state index is 0.267. The van der Waals surface area contributed by atoms with Crippen molar-refractivity contribution in [2.45, 2.75) is 6.92 Å². The molecule has 5 heteroatoms. The summed E-state index contributed by atoms with van der Waals surface area (Å²) in [4.78, 5) is 12.5. The van der Waals surface area contributed by atoms with Crippen LogP contribution in [0.5, 0.6) is 5.75 Å². The largest absolute Gasteiger partial charge is 0.496 e. The Hall–Kier alpha value is -3.47. The van der Waals surface area contributed by atoms with Crippen molar-refractivity contribution >= 4 is 28.1 Å². The smallest absolute Gasteiger partial charge is 0.291 e. The van der Waals surface area contributed by atoms with Crippen LogP contribution in [0.1, 0.15) is 23.0 Å². The van der Waals surface area contributed by atoms with Crippen LogP contribution in [0.15, 0.2) is 70.9 Å². The highest BCUT2D eigenvalue weighted by atomic mass is 16.5. The number of ether oxygens (including phenoxy) is 2. The number of fused-ring (bicyclic) bond motifs is 1. The number of hydrogen-bond acceptors (Lipinski definition) is 4. The van der Waals surface area contributed by atoms with Crippen molar-refractivity contribution in [1.29, 1.82) is 0 Å². The van der Waals surface area contributed by atoms with Gasteiger partial charge < -0.3 is 19.2 Å². The van der Waals surface area contributed by atoms with Crippen molar-refractivity contribution in [3.63, 3.8) is 0 Å². The van der Waals surface area contributed by atoms with Crippen LogP contribution in [-0.2, 0) is 4.74 Å². The van der Waals surface area contributed by atoms with Gasteiger partial charge in [-0.05, 0) is 37.3 Å². The molecule has 5 nitrogen and oxygen atoms in total. The molecule has 1 aliphatic rings. The first-order chi connectivity index (χ1) is 13.1. The first-order valence-electron chi connectivity index (χ1n) is 8.62. The fraction of sp³-hybridized carbons (Fsp3) is 0.136. The molecule has 1 aliphatic heterocycles. The number of carbonyl (C=O) groups is 1. The van der Waals surface area contributed by atoms with E-state index in [0.29, 0.717) is 23.6 Å². The second-order valence-corrected chi connectivity index (χ2v) is 6.28. The molecule has 0 radical (unpaired) electrons. The van der Waals surface area contributed by atoms with E-state index >= 15 is 0 Å². The summed E-state index contributed by atoms with van der Waals surface area (Å²) in [5.41, 5.74) is 3.27. The van der Waals surface area contributed by atoms with Crippen LogP contribution in [-0.4, -0.2) is 19.6 Å². The average molecular weight is 361 g/mol. The number of para-hydroxylation sites is 1. The molecular weight excluding hydrogens is 342 g/mol. The molecule has 1 amide bonds. The number of nitrogens with one attached hydrogen (secondary N) is 1. The van der Waals surface area contributed by atoms with Crippen LogP contribution >= 0.6 is 0 Å². The predicted molar refractivity (Wildman–Crippen MR) is 105 cm³/mol. The molecule has 2 heterocycles. The van der Waals surface area contributed by atoms with E-state index in [9.17, 15) is 4.79 Å². The third-order valence-electron chi connectivity index (χ3n) is 4.43. The topological polar surface area (TPSA) is 60.7 Å². The Morgan fingerprint density at radius 2 is 1.96 bits per heavy atom. The molecular formula is C22H19NO4. The zero-order chi connectivity index (χ0) is 18.8. The second-order valence-electron chi connectivity index (χ2n) is 6.28. The summed E-state index contributed by atoms with van der Waals surface area (Å²) >= 11 is 0. The second kappa shape index (κ2) is 7.03. The Morgan fingerprint density at radius 1 is 1.11 bits per heavy atom. The SMILES string of the molecule is COc1cc(NC(=O)c2cc3ccccc3o2)ccc1C1=CC=C(C)OC1. The number of rotatable bonds is 4. The summed E-state index contributed by atoms with van der Waals surface area (Å²) in [7, 11) is 1.61. The predicted octanol–water partition coefficient (Wildman–Crippen LogP) is 5.01. The number of amides is 1. The summed E-state index contributed by atoms with van der Waals surface area (Å²) in [6.45, 7) is 2.41. The lowest BCUT2D eigenvalue weighted by Crippen LogP contribution is -2.11. The average Bonchev–Trinajstić information content (AvgIpc) is 3.13. The molecule has 0 aliphatic carbocycles. The van der Waals surface area contributed by atoms with Gasteiger partial charge in [-0.15, -0.1) is 0 Å². The van der Waals surface area contributed by atoms with E-state index in [2.05, 4.69) is 5.32 Å². The summed E-state index contributed by atoms with van der Waals surface area (Å²) < 4.78 is 16.7. The van der Waals surface area contributed by atoms with Crippen molar-refractivity contribution in [2.75, 3.05) is 19.0 Å². The number of anilines is 1. The summed E-state index contributed by atoms with van der Waals surface area (Å²) in [5, 5.41) is 3.75. The minimum atomic E-state index is -0.306. The molecule has 0 spiro atoms. The first kappa shape index (κ1) is 17.0. The van der Waals surface area contributed by atoms with Crippen LogP contribution in [0.25, 0.3) is 16.5 Å². The van der Waals surface area contributed by atoms with E-state index in [-0.39, 0.29) is 11.7 Å². The zero-order valence-corrected chi connectivity index (χ0v) is 15.1. The van der Waals surface area contributed by atoms with Gasteiger partial charge >= 0.3 is 0 Å². The fourth-order valence-corrected chi connectivity index (χ4v) is 2.99. The van der Waals surface area contributed by atoms with Crippen molar-refractivity contribution < 1.29 is 18.7 Å². The van der Waals surface area contributed by atoms with Crippen LogP contribution < -0.4 is 10.1 Å². The number of hydrogen-bond donors (Lipinski definition) is 1. The Labute approximate surface area is 156 Å². The highest BCUT2D eigenvalue weighted by Crippen LogP contribution is 2.31. The normalized spacial score (nSPS) is 13.6. The minimum Gasteiger partial charge on any atom is -0.496 e. The summed E-state index contributed by atoms with van der Waals surface area (Å²) in [6, 6.07) is 14.8. The van der Waals surface area contributed by atoms with Crippen molar-refractivity contribution in [3.8, 4) is 5.75 Å². The number of benzene rings is 2. The molecule has 1 N–H and O–H groups in total. The molecule has 4 rings (SSSR count). The maximum atomic E-state index is 12.5. The molecule has 0 fully saturated rings. The van der Waals surface area contributed by atoms with E-state index in [1.54, 1.807) is 19.2 Å². The third kappa shape index (κ3) is 3.44. The number of allylic oxidation sites excluding steroid dienone is 3. The molecule has 0 bridgehead atoms. The molecule has 27 heavy (non-hydrogen) atoms. The third-order valence-corrected chi connectivity index (χ3v) is 4.43. The van der Waals surface area contributed by atoms with Crippen molar-refractivity contribution in [3.05, 3.63) is 77.8 Å². The fourth-order valence-electron chi connectivity index (χ4n) is 2.99. The maximum Gasteiger partial charge on any atom is 0.291 e. The van der Waals surface area contributed by atoms with E-state index in [1.807, 2.05) is 55.5 Å². The molecule has 2 aromatic carbocycles. The molecule has 1 aromatic heterocycles. The highest BCUT2D eigenvalue weighted by molar-refractivity contribution is 6.04. The molecule has 136 valence electrons. The van der Waals surface area contributed by atoms with Gasteiger partial charge in [-0.3, -0.25) is 4.79 Å². The molecule has 0 atom stereocenters. The Kier molecular flexibility index (Phi) is 4.42. The molecule has 0 saturated carbocycles. The van der Waals surface area contributed by atoms with Crippen molar-refractivity contribution in [2.24, 2.45) is 0 Å². The lowest BCUT2D eigenvalue weighted by Gasteiger charge is -2.17. The van der Waals surface area contributed by atoms with Gasteiger partial charge in [0, 0.05) is 28.3 Å². The lowest BCUT2D eigenvalue weighted by molar-refractivity contribution is 0.0998. The van der Waals surface area contributed by atoms with Gasteiger partial charge in [0.2, 0.25) is 0 Å². The quantitative estimate of drug-likeness (QED) is 0.709. The van der Waals surface area contributed by atoms with Gasteiger partial charge in [-0.25, -0.2) is 0 Å². The van der Waals surface area contributed by atoms with Gasteiger partial charge in [0.1, 0.15) is 17.9 Å². The van der Waals surface area contributed by atoms with Gasteiger partial charge in [0.25, 0.3) is 5.91 Å². The molecule has 0 saturated heterocycles. The highest BCUT2D eigenvalue weighted by Gasteiger charge is 2.16. The number of carbonyl (C=O) groups excluding carboxylic acids is 1. The Balaban J connectivity index is 1.58. The Bertz CT molecular complexity index is 1040. The van der Waals surface area contributed by atoms with Crippen LogP contribution in [0.3, 0.4) is 0 Å². The standard InChI is InChI=1S/C22H19NO4/c1-14-7-8-16(13-26-14)18-10-9-17(12-20(18)25-2)23-22(24)21-11-15-5-3-4-6-19(15)27-21/h3-12H,13H2,1-2H3,(H,23,24). The molecule has 3 aromatic rings. The molecule has 0 unspecified atom stereocenters. The number of furan rings is 1. The van der Waals surface area contributed by atoms with Crippen LogP contribution in [0.2, 0.25) is 0 Å². The summed E-state index contributed by atoms with van der Waals surface area (Å²) in [6.07, 6.45) is 3.94.